The molecule has 3 aromatic rings. The number of amides is 2. The number of para-hydroxylation sites is 1. The number of nitrogens with one attached hydrogen (secondary N) is 2. The third-order valence-corrected chi connectivity index (χ3v) is 5.41. The number of carbonyl (C=O) groups is 3. The molecular formula is C19H14BrFN2O4S. The number of benzene rings is 2. The van der Waals surface area contributed by atoms with Gasteiger partial charge in [0.15, 0.2) is 6.61 Å². The highest BCUT2D eigenvalue weighted by Crippen LogP contribution is 2.28. The summed E-state index contributed by atoms with van der Waals surface area (Å²) in [5.41, 5.74) is 0.574. The highest BCUT2D eigenvalue weighted by atomic mass is 79.9. The summed E-state index contributed by atoms with van der Waals surface area (Å²) >= 11 is 4.38. The van der Waals surface area contributed by atoms with Crippen molar-refractivity contribution in [1.29, 1.82) is 0 Å². The van der Waals surface area contributed by atoms with Crippen molar-refractivity contribution in [1.82, 2.24) is 5.32 Å². The van der Waals surface area contributed by atoms with Crippen LogP contribution in [-0.4, -0.2) is 30.9 Å². The van der Waals surface area contributed by atoms with Crippen molar-refractivity contribution in [2.45, 2.75) is 0 Å². The van der Waals surface area contributed by atoms with E-state index < -0.39 is 30.2 Å². The Labute approximate surface area is 171 Å². The van der Waals surface area contributed by atoms with Crippen molar-refractivity contribution in [2.75, 3.05) is 18.5 Å². The Morgan fingerprint density at radius 3 is 2.61 bits per heavy atom. The molecule has 0 radical (unpaired) electrons. The third-order valence-electron chi connectivity index (χ3n) is 3.64. The van der Waals surface area contributed by atoms with Crippen LogP contribution in [0.3, 0.4) is 0 Å². The molecular weight excluding hydrogens is 451 g/mol. The van der Waals surface area contributed by atoms with Crippen LogP contribution in [0.25, 0.3) is 10.1 Å². The number of hydrogen-bond donors (Lipinski definition) is 2. The molecule has 9 heteroatoms. The maximum absolute atomic E-state index is 13.7. The Hall–Kier alpha value is -2.78. The topological polar surface area (TPSA) is 84.5 Å². The predicted octanol–water partition coefficient (Wildman–Crippen LogP) is 3.71. The average Bonchev–Trinajstić information content (AvgIpc) is 3.12. The maximum atomic E-state index is 13.7. The smallest absolute Gasteiger partial charge is 0.348 e. The van der Waals surface area contributed by atoms with E-state index in [0.717, 1.165) is 11.3 Å². The summed E-state index contributed by atoms with van der Waals surface area (Å²) in [6, 6.07) is 13.0. The first-order valence-corrected chi connectivity index (χ1v) is 9.71. The van der Waals surface area contributed by atoms with Gasteiger partial charge in [0, 0.05) is 14.6 Å². The van der Waals surface area contributed by atoms with Crippen molar-refractivity contribution < 1.29 is 23.5 Å². The van der Waals surface area contributed by atoms with Gasteiger partial charge in [-0.15, -0.1) is 11.3 Å². The van der Waals surface area contributed by atoms with Gasteiger partial charge in [0.25, 0.3) is 5.91 Å². The highest BCUT2D eigenvalue weighted by Gasteiger charge is 2.15. The number of carbonyl (C=O) groups excluding carboxylic acids is 3. The molecule has 2 amide bonds. The fourth-order valence-electron chi connectivity index (χ4n) is 2.32. The van der Waals surface area contributed by atoms with Gasteiger partial charge in [0.05, 0.1) is 12.2 Å². The summed E-state index contributed by atoms with van der Waals surface area (Å²) in [7, 11) is 0. The van der Waals surface area contributed by atoms with E-state index in [2.05, 4.69) is 26.6 Å². The van der Waals surface area contributed by atoms with Gasteiger partial charge in [-0.1, -0.05) is 18.2 Å². The SMILES string of the molecule is O=C(COC(=O)c1cc2c(F)cccc2s1)NCC(=O)Nc1ccccc1Br. The summed E-state index contributed by atoms with van der Waals surface area (Å²) in [6.07, 6.45) is 0. The highest BCUT2D eigenvalue weighted by molar-refractivity contribution is 9.10. The number of thiophene rings is 1. The first-order valence-electron chi connectivity index (χ1n) is 8.10. The summed E-state index contributed by atoms with van der Waals surface area (Å²) in [5.74, 6) is -2.20. The molecule has 0 saturated carbocycles. The Balaban J connectivity index is 1.47. The molecule has 0 aliphatic heterocycles. The Morgan fingerprint density at radius 1 is 1.07 bits per heavy atom. The van der Waals surface area contributed by atoms with Gasteiger partial charge in [-0.3, -0.25) is 9.59 Å². The number of rotatable bonds is 6. The fraction of sp³-hybridized carbons (Fsp3) is 0.105. The van der Waals surface area contributed by atoms with Crippen LogP contribution < -0.4 is 10.6 Å². The summed E-state index contributed by atoms with van der Waals surface area (Å²) in [6.45, 7) is -0.816. The minimum atomic E-state index is -0.728. The van der Waals surface area contributed by atoms with Gasteiger partial charge in [0.1, 0.15) is 10.7 Å². The Kier molecular flexibility index (Phi) is 6.37. The molecule has 1 heterocycles. The van der Waals surface area contributed by atoms with Crippen LogP contribution in [0.15, 0.2) is 53.0 Å². The van der Waals surface area contributed by atoms with E-state index >= 15 is 0 Å². The first kappa shape index (κ1) is 20.0. The van der Waals surface area contributed by atoms with Crippen LogP contribution in [0, 0.1) is 5.82 Å². The van der Waals surface area contributed by atoms with Gasteiger partial charge in [0.2, 0.25) is 5.91 Å². The van der Waals surface area contributed by atoms with E-state index in [1.807, 2.05) is 0 Å². The first-order chi connectivity index (χ1) is 13.4. The predicted molar refractivity (Wildman–Crippen MR) is 108 cm³/mol. The second kappa shape index (κ2) is 8.94. The van der Waals surface area contributed by atoms with Crippen molar-refractivity contribution in [3.63, 3.8) is 0 Å². The van der Waals surface area contributed by atoms with Crippen molar-refractivity contribution >= 4 is 60.8 Å². The van der Waals surface area contributed by atoms with Gasteiger partial charge >= 0.3 is 5.97 Å². The lowest BCUT2D eigenvalue weighted by molar-refractivity contribution is -0.126. The molecule has 0 aliphatic carbocycles. The quantitative estimate of drug-likeness (QED) is 0.544. The van der Waals surface area contributed by atoms with Gasteiger partial charge in [-0.25, -0.2) is 9.18 Å². The molecule has 0 bridgehead atoms. The monoisotopic (exact) mass is 464 g/mol. The lowest BCUT2D eigenvalue weighted by atomic mass is 10.2. The number of ether oxygens (including phenoxy) is 1. The third kappa shape index (κ3) is 4.93. The van der Waals surface area contributed by atoms with Gasteiger partial charge < -0.3 is 15.4 Å². The van der Waals surface area contributed by atoms with E-state index in [4.69, 9.17) is 4.74 Å². The molecule has 28 heavy (non-hydrogen) atoms. The van der Waals surface area contributed by atoms with E-state index in [0.29, 0.717) is 20.2 Å². The number of anilines is 1. The molecule has 2 N–H and O–H groups in total. The zero-order valence-electron chi connectivity index (χ0n) is 14.3. The second-order valence-corrected chi connectivity index (χ2v) is 7.58. The molecule has 1 aromatic heterocycles. The number of halogens is 2. The average molecular weight is 465 g/mol. The van der Waals surface area contributed by atoms with Crippen molar-refractivity contribution in [3.8, 4) is 0 Å². The summed E-state index contributed by atoms with van der Waals surface area (Å²) in [5, 5.41) is 5.33. The van der Waals surface area contributed by atoms with Crippen LogP contribution >= 0.6 is 27.3 Å². The fourth-order valence-corrected chi connectivity index (χ4v) is 3.67. The molecule has 6 nitrogen and oxygen atoms in total. The van der Waals surface area contributed by atoms with Crippen molar-refractivity contribution in [2.24, 2.45) is 0 Å². The van der Waals surface area contributed by atoms with Crippen molar-refractivity contribution in [3.05, 3.63) is 63.7 Å². The maximum Gasteiger partial charge on any atom is 0.348 e. The van der Waals surface area contributed by atoms with Gasteiger partial charge in [-0.2, -0.15) is 0 Å². The lowest BCUT2D eigenvalue weighted by Crippen LogP contribution is -2.35. The van der Waals surface area contributed by atoms with E-state index in [-0.39, 0.29) is 11.4 Å². The molecule has 0 saturated heterocycles. The van der Waals surface area contributed by atoms with Crippen LogP contribution in [0.5, 0.6) is 0 Å². The molecule has 0 aliphatic rings. The second-order valence-electron chi connectivity index (χ2n) is 5.64. The van der Waals surface area contributed by atoms with E-state index in [9.17, 15) is 18.8 Å². The van der Waals surface area contributed by atoms with Crippen LogP contribution in [0.2, 0.25) is 0 Å². The minimum absolute atomic E-state index is 0.194. The molecule has 0 atom stereocenters. The lowest BCUT2D eigenvalue weighted by Gasteiger charge is -2.08. The zero-order chi connectivity index (χ0) is 20.1. The van der Waals surface area contributed by atoms with Crippen LogP contribution in [-0.2, 0) is 14.3 Å². The van der Waals surface area contributed by atoms with E-state index in [1.54, 1.807) is 36.4 Å². The molecule has 0 spiro atoms. The van der Waals surface area contributed by atoms with Gasteiger partial charge in [-0.05, 0) is 46.3 Å². The van der Waals surface area contributed by atoms with E-state index in [1.165, 1.54) is 12.1 Å². The number of esters is 1. The minimum Gasteiger partial charge on any atom is -0.451 e. The number of hydrogen-bond acceptors (Lipinski definition) is 5. The molecule has 2 aromatic carbocycles. The Bertz CT molecular complexity index is 1050. The van der Waals surface area contributed by atoms with Crippen LogP contribution in [0.1, 0.15) is 9.67 Å². The summed E-state index contributed by atoms with van der Waals surface area (Å²) < 4.78 is 19.9. The summed E-state index contributed by atoms with van der Waals surface area (Å²) in [4.78, 5) is 35.9. The standard InChI is InChI=1S/C19H14BrFN2O4S/c20-12-4-1-2-6-14(12)23-17(24)9-22-18(25)10-27-19(26)16-8-11-13(21)5-3-7-15(11)28-16/h1-8H,9-10H2,(H,22,25)(H,23,24). The molecule has 0 fully saturated rings. The normalized spacial score (nSPS) is 10.5. The molecule has 3 rings (SSSR count). The zero-order valence-corrected chi connectivity index (χ0v) is 16.7. The molecule has 0 unspecified atom stereocenters. The number of fused-ring (bicyclic) bond motifs is 1. The molecule has 144 valence electrons. The largest absolute Gasteiger partial charge is 0.451 e. The Morgan fingerprint density at radius 2 is 1.86 bits per heavy atom. The van der Waals surface area contributed by atoms with Crippen LogP contribution in [0.4, 0.5) is 10.1 Å².